The smallest absolute Gasteiger partial charge is 0.0437 e. The molecule has 1 heterocycles. The molecular weight excluding hydrogens is 194 g/mol. The fraction of sp³-hybridized carbons (Fsp3) is 0.500. The van der Waals surface area contributed by atoms with Crippen molar-refractivity contribution >= 4 is 11.6 Å². The van der Waals surface area contributed by atoms with Gasteiger partial charge in [0.1, 0.15) is 0 Å². The first kappa shape index (κ1) is 8.75. The minimum absolute atomic E-state index is 0.287. The summed E-state index contributed by atoms with van der Waals surface area (Å²) in [5.41, 5.74) is 1.71. The maximum absolute atomic E-state index is 5.90. The van der Waals surface area contributed by atoms with Crippen LogP contribution < -0.4 is 5.32 Å². The van der Waals surface area contributed by atoms with Gasteiger partial charge in [-0.05, 0) is 49.4 Å². The van der Waals surface area contributed by atoms with Gasteiger partial charge in [-0.15, -0.1) is 0 Å². The summed E-state index contributed by atoms with van der Waals surface area (Å²) < 4.78 is 0. The van der Waals surface area contributed by atoms with Crippen LogP contribution in [-0.2, 0) is 5.54 Å². The Bertz CT molecular complexity index is 336. The Morgan fingerprint density at radius 1 is 1.29 bits per heavy atom. The quantitative estimate of drug-likeness (QED) is 0.747. The van der Waals surface area contributed by atoms with Gasteiger partial charge in [0.2, 0.25) is 0 Å². The Balaban J connectivity index is 1.98. The van der Waals surface area contributed by atoms with E-state index in [2.05, 4.69) is 17.4 Å². The minimum atomic E-state index is 0.287. The van der Waals surface area contributed by atoms with Crippen molar-refractivity contribution in [3.05, 3.63) is 34.9 Å². The van der Waals surface area contributed by atoms with Crippen molar-refractivity contribution in [2.75, 3.05) is 6.54 Å². The molecule has 1 nitrogen and oxygen atoms in total. The second-order valence-electron chi connectivity index (χ2n) is 4.58. The second kappa shape index (κ2) is 2.98. The second-order valence-corrected chi connectivity index (χ2v) is 5.02. The minimum Gasteiger partial charge on any atom is -0.307 e. The zero-order valence-electron chi connectivity index (χ0n) is 8.09. The van der Waals surface area contributed by atoms with E-state index < -0.39 is 0 Å². The van der Waals surface area contributed by atoms with Crippen molar-refractivity contribution in [1.29, 1.82) is 0 Å². The lowest BCUT2D eigenvalue weighted by Crippen LogP contribution is -2.37. The molecule has 14 heavy (non-hydrogen) atoms. The third-order valence-electron chi connectivity index (χ3n) is 3.74. The van der Waals surface area contributed by atoms with Crippen LogP contribution in [-0.4, -0.2) is 6.54 Å². The Hall–Kier alpha value is -0.530. The van der Waals surface area contributed by atoms with Gasteiger partial charge in [0, 0.05) is 10.6 Å². The topological polar surface area (TPSA) is 12.0 Å². The van der Waals surface area contributed by atoms with Gasteiger partial charge in [0.05, 0.1) is 0 Å². The summed E-state index contributed by atoms with van der Waals surface area (Å²) in [7, 11) is 0. The zero-order valence-corrected chi connectivity index (χ0v) is 8.85. The number of piperidine rings is 1. The lowest BCUT2D eigenvalue weighted by atomic mass is 9.89. The third kappa shape index (κ3) is 1.19. The van der Waals surface area contributed by atoms with Crippen molar-refractivity contribution in [2.24, 2.45) is 5.92 Å². The lowest BCUT2D eigenvalue weighted by molar-refractivity contribution is 0.373. The van der Waals surface area contributed by atoms with E-state index in [0.29, 0.717) is 0 Å². The van der Waals surface area contributed by atoms with Gasteiger partial charge in [-0.2, -0.15) is 0 Å². The molecule has 0 aromatic heterocycles. The average molecular weight is 208 g/mol. The Morgan fingerprint density at radius 2 is 2.07 bits per heavy atom. The van der Waals surface area contributed by atoms with E-state index in [-0.39, 0.29) is 5.54 Å². The Labute approximate surface area is 89.5 Å². The molecule has 1 aliphatic carbocycles. The molecule has 2 atom stereocenters. The van der Waals surface area contributed by atoms with Crippen molar-refractivity contribution in [1.82, 2.24) is 5.32 Å². The number of halogens is 1. The van der Waals surface area contributed by atoms with Gasteiger partial charge >= 0.3 is 0 Å². The number of rotatable bonds is 1. The summed E-state index contributed by atoms with van der Waals surface area (Å²) in [5.74, 6) is 0.908. The monoisotopic (exact) mass is 207 g/mol. The van der Waals surface area contributed by atoms with Crippen molar-refractivity contribution in [3.8, 4) is 0 Å². The van der Waals surface area contributed by atoms with Gasteiger partial charge in [0.15, 0.2) is 0 Å². The summed E-state index contributed by atoms with van der Waals surface area (Å²) in [4.78, 5) is 0. The first-order valence-corrected chi connectivity index (χ1v) is 5.67. The molecule has 1 aromatic carbocycles. The normalized spacial score (nSPS) is 35.1. The van der Waals surface area contributed by atoms with Gasteiger partial charge in [-0.25, -0.2) is 0 Å². The maximum Gasteiger partial charge on any atom is 0.0437 e. The SMILES string of the molecule is Clc1ccc(C23CCC(CN2)C3)cc1. The molecule has 2 fully saturated rings. The largest absolute Gasteiger partial charge is 0.307 e. The highest BCUT2D eigenvalue weighted by Gasteiger charge is 2.45. The molecule has 1 saturated carbocycles. The summed E-state index contributed by atoms with van der Waals surface area (Å²) in [6.45, 7) is 1.20. The van der Waals surface area contributed by atoms with E-state index in [9.17, 15) is 0 Å². The van der Waals surface area contributed by atoms with E-state index in [1.165, 1.54) is 31.4 Å². The fourth-order valence-corrected chi connectivity index (χ4v) is 3.08. The molecule has 0 radical (unpaired) electrons. The fourth-order valence-electron chi connectivity index (χ4n) is 2.96. The summed E-state index contributed by atoms with van der Waals surface area (Å²) in [6.07, 6.45) is 3.99. The van der Waals surface area contributed by atoms with Crippen LogP contribution in [0.1, 0.15) is 24.8 Å². The van der Waals surface area contributed by atoms with Crippen LogP contribution in [0.3, 0.4) is 0 Å². The molecule has 1 saturated heterocycles. The molecule has 0 amide bonds. The molecular formula is C12H14ClN. The van der Waals surface area contributed by atoms with Crippen LogP contribution in [0, 0.1) is 5.92 Å². The number of hydrogen-bond acceptors (Lipinski definition) is 1. The average Bonchev–Trinajstić information content (AvgIpc) is 2.79. The van der Waals surface area contributed by atoms with Gasteiger partial charge in [-0.3, -0.25) is 0 Å². The molecule has 74 valence electrons. The highest BCUT2D eigenvalue weighted by atomic mass is 35.5. The first-order chi connectivity index (χ1) is 6.78. The predicted molar refractivity (Wildman–Crippen MR) is 58.5 cm³/mol. The summed E-state index contributed by atoms with van der Waals surface area (Å²) >= 11 is 5.90. The van der Waals surface area contributed by atoms with Crippen LogP contribution >= 0.6 is 11.6 Å². The van der Waals surface area contributed by atoms with Crippen LogP contribution in [0.25, 0.3) is 0 Å². The molecule has 2 bridgehead atoms. The van der Waals surface area contributed by atoms with Crippen molar-refractivity contribution < 1.29 is 0 Å². The van der Waals surface area contributed by atoms with Crippen LogP contribution in [0.5, 0.6) is 0 Å². The van der Waals surface area contributed by atoms with E-state index in [4.69, 9.17) is 11.6 Å². The number of benzene rings is 1. The number of hydrogen-bond donors (Lipinski definition) is 1. The van der Waals surface area contributed by atoms with E-state index >= 15 is 0 Å². The van der Waals surface area contributed by atoms with Crippen LogP contribution in [0.4, 0.5) is 0 Å². The Kier molecular flexibility index (Phi) is 1.86. The summed E-state index contributed by atoms with van der Waals surface area (Å²) in [5, 5.41) is 4.49. The molecule has 3 rings (SSSR count). The highest BCUT2D eigenvalue weighted by Crippen LogP contribution is 2.46. The molecule has 2 unspecified atom stereocenters. The lowest BCUT2D eigenvalue weighted by Gasteiger charge is -2.28. The summed E-state index contributed by atoms with van der Waals surface area (Å²) in [6, 6.07) is 8.34. The number of nitrogens with one attached hydrogen (secondary N) is 1. The van der Waals surface area contributed by atoms with E-state index in [1.807, 2.05) is 12.1 Å². The van der Waals surface area contributed by atoms with Gasteiger partial charge < -0.3 is 5.32 Å². The van der Waals surface area contributed by atoms with Gasteiger partial charge in [-0.1, -0.05) is 23.7 Å². The number of fused-ring (bicyclic) bond motifs is 2. The van der Waals surface area contributed by atoms with Gasteiger partial charge in [0.25, 0.3) is 0 Å². The molecule has 2 aliphatic rings. The molecule has 1 aromatic rings. The first-order valence-electron chi connectivity index (χ1n) is 5.30. The molecule has 2 heteroatoms. The van der Waals surface area contributed by atoms with Crippen LogP contribution in [0.15, 0.2) is 24.3 Å². The predicted octanol–water partition coefficient (Wildman–Crippen LogP) is 2.94. The molecule has 1 aliphatic heterocycles. The zero-order chi connectivity index (χ0) is 9.60. The Morgan fingerprint density at radius 3 is 2.57 bits per heavy atom. The molecule has 0 spiro atoms. The van der Waals surface area contributed by atoms with E-state index in [1.54, 1.807) is 0 Å². The third-order valence-corrected chi connectivity index (χ3v) is 3.99. The maximum atomic E-state index is 5.90. The highest BCUT2D eigenvalue weighted by molar-refractivity contribution is 6.30. The standard InChI is InChI=1S/C12H14ClN/c13-11-3-1-10(2-4-11)12-6-5-9(7-12)8-14-12/h1-4,9,14H,5-8H2. The van der Waals surface area contributed by atoms with Crippen molar-refractivity contribution in [3.63, 3.8) is 0 Å². The van der Waals surface area contributed by atoms with Crippen molar-refractivity contribution in [2.45, 2.75) is 24.8 Å². The molecule has 1 N–H and O–H groups in total. The van der Waals surface area contributed by atoms with E-state index in [0.717, 1.165) is 10.9 Å². The van der Waals surface area contributed by atoms with Crippen LogP contribution in [0.2, 0.25) is 5.02 Å².